The molecule has 0 bridgehead atoms. The first kappa shape index (κ1) is 11.2. The van der Waals surface area contributed by atoms with Gasteiger partial charge < -0.3 is 10.2 Å². The minimum atomic E-state index is -1.23. The van der Waals surface area contributed by atoms with Crippen LogP contribution in [0.4, 0.5) is 0 Å². The zero-order chi connectivity index (χ0) is 10.3. The lowest BCUT2D eigenvalue weighted by Crippen LogP contribution is -2.17. The van der Waals surface area contributed by atoms with E-state index < -0.39 is 18.0 Å². The molecule has 7 nitrogen and oxygen atoms in total. The SMILES string of the molecule is [N-]=[N+]=N[C@H](CCCC(=O)O)C(=O)O. The molecule has 0 aromatic heterocycles. The van der Waals surface area contributed by atoms with Crippen molar-refractivity contribution in [1.82, 2.24) is 0 Å². The summed E-state index contributed by atoms with van der Waals surface area (Å²) in [5.41, 5.74) is 7.97. The van der Waals surface area contributed by atoms with Gasteiger partial charge in [-0.1, -0.05) is 5.11 Å². The van der Waals surface area contributed by atoms with Crippen LogP contribution in [0, 0.1) is 0 Å². The zero-order valence-electron chi connectivity index (χ0n) is 6.75. The summed E-state index contributed by atoms with van der Waals surface area (Å²) in [5.74, 6) is -2.23. The van der Waals surface area contributed by atoms with Crippen LogP contribution in [0.3, 0.4) is 0 Å². The summed E-state index contributed by atoms with van der Waals surface area (Å²) in [7, 11) is 0. The number of hydrogen-bond acceptors (Lipinski definition) is 3. The number of hydrogen-bond donors (Lipinski definition) is 2. The van der Waals surface area contributed by atoms with Crippen molar-refractivity contribution in [3.8, 4) is 0 Å². The van der Waals surface area contributed by atoms with Gasteiger partial charge >= 0.3 is 11.9 Å². The maximum atomic E-state index is 10.4. The van der Waals surface area contributed by atoms with E-state index in [1.165, 1.54) is 0 Å². The monoisotopic (exact) mass is 187 g/mol. The van der Waals surface area contributed by atoms with Crippen LogP contribution in [0.15, 0.2) is 5.11 Å². The highest BCUT2D eigenvalue weighted by atomic mass is 16.4. The van der Waals surface area contributed by atoms with Crippen LogP contribution in [0.25, 0.3) is 10.4 Å². The third-order valence-electron chi connectivity index (χ3n) is 1.34. The quantitative estimate of drug-likeness (QED) is 0.365. The summed E-state index contributed by atoms with van der Waals surface area (Å²) in [4.78, 5) is 22.8. The van der Waals surface area contributed by atoms with Gasteiger partial charge in [0, 0.05) is 11.3 Å². The third-order valence-corrected chi connectivity index (χ3v) is 1.34. The second-order valence-electron chi connectivity index (χ2n) is 2.34. The van der Waals surface area contributed by atoms with E-state index in [9.17, 15) is 9.59 Å². The predicted molar refractivity (Wildman–Crippen MR) is 42.1 cm³/mol. The molecule has 0 spiro atoms. The van der Waals surface area contributed by atoms with E-state index in [0.717, 1.165) is 0 Å². The molecular formula is C6H9N3O4. The molecule has 0 rings (SSSR count). The van der Waals surface area contributed by atoms with Crippen molar-refractivity contribution in [2.24, 2.45) is 5.11 Å². The molecule has 0 heterocycles. The minimum absolute atomic E-state index is 0.0473. The molecule has 0 fully saturated rings. The van der Waals surface area contributed by atoms with Gasteiger partial charge in [0.05, 0.1) is 0 Å². The van der Waals surface area contributed by atoms with E-state index in [2.05, 4.69) is 10.0 Å². The fourth-order valence-corrected chi connectivity index (χ4v) is 0.740. The fourth-order valence-electron chi connectivity index (χ4n) is 0.740. The van der Waals surface area contributed by atoms with Crippen molar-refractivity contribution in [3.05, 3.63) is 10.4 Å². The van der Waals surface area contributed by atoms with E-state index in [-0.39, 0.29) is 19.3 Å². The van der Waals surface area contributed by atoms with E-state index in [1.807, 2.05) is 0 Å². The summed E-state index contributed by atoms with van der Waals surface area (Å²) in [6.07, 6.45) is 0.113. The van der Waals surface area contributed by atoms with E-state index in [0.29, 0.717) is 0 Å². The molecular weight excluding hydrogens is 178 g/mol. The van der Waals surface area contributed by atoms with Crippen molar-refractivity contribution in [2.75, 3.05) is 0 Å². The van der Waals surface area contributed by atoms with Gasteiger partial charge in [-0.2, -0.15) is 0 Å². The Labute approximate surface area is 73.6 Å². The highest BCUT2D eigenvalue weighted by Crippen LogP contribution is 2.05. The average molecular weight is 187 g/mol. The average Bonchev–Trinajstić information content (AvgIpc) is 2.02. The highest BCUT2D eigenvalue weighted by Gasteiger charge is 2.14. The Morgan fingerprint density at radius 3 is 2.46 bits per heavy atom. The van der Waals surface area contributed by atoms with E-state index in [4.69, 9.17) is 15.7 Å². The Morgan fingerprint density at radius 2 is 2.08 bits per heavy atom. The van der Waals surface area contributed by atoms with Gasteiger partial charge in [0.2, 0.25) is 0 Å². The van der Waals surface area contributed by atoms with Crippen LogP contribution < -0.4 is 0 Å². The molecule has 0 aliphatic carbocycles. The summed E-state index contributed by atoms with van der Waals surface area (Å²) >= 11 is 0. The van der Waals surface area contributed by atoms with Gasteiger partial charge in [-0.15, -0.1) is 0 Å². The van der Waals surface area contributed by atoms with Gasteiger partial charge in [0.25, 0.3) is 0 Å². The first-order chi connectivity index (χ1) is 6.07. The molecule has 0 aliphatic heterocycles. The summed E-state index contributed by atoms with van der Waals surface area (Å²) in [6, 6.07) is -1.16. The molecule has 0 aromatic rings. The van der Waals surface area contributed by atoms with Crippen molar-refractivity contribution >= 4 is 11.9 Å². The Kier molecular flexibility index (Phi) is 5.06. The number of carboxylic acid groups (broad SMARTS) is 2. The van der Waals surface area contributed by atoms with Crippen LogP contribution in [-0.2, 0) is 9.59 Å². The van der Waals surface area contributed by atoms with Crippen molar-refractivity contribution in [1.29, 1.82) is 0 Å². The predicted octanol–water partition coefficient (Wildman–Crippen LogP) is 1.00. The van der Waals surface area contributed by atoms with Crippen molar-refractivity contribution in [3.63, 3.8) is 0 Å². The molecule has 0 aliphatic rings. The summed E-state index contributed by atoms with van der Waals surface area (Å²) < 4.78 is 0. The normalized spacial score (nSPS) is 11.4. The van der Waals surface area contributed by atoms with Crippen LogP contribution in [0.2, 0.25) is 0 Å². The van der Waals surface area contributed by atoms with Gasteiger partial charge in [-0.3, -0.25) is 9.59 Å². The molecule has 0 saturated carbocycles. The van der Waals surface area contributed by atoms with Crippen LogP contribution >= 0.6 is 0 Å². The molecule has 0 saturated heterocycles. The van der Waals surface area contributed by atoms with Gasteiger partial charge in [0.15, 0.2) is 0 Å². The molecule has 0 radical (unpaired) electrons. The Bertz CT molecular complexity index is 244. The zero-order valence-corrected chi connectivity index (χ0v) is 6.75. The molecule has 13 heavy (non-hydrogen) atoms. The maximum absolute atomic E-state index is 10.4. The minimum Gasteiger partial charge on any atom is -0.481 e. The Balaban J connectivity index is 3.90. The first-order valence-corrected chi connectivity index (χ1v) is 3.56. The topological polar surface area (TPSA) is 123 Å². The van der Waals surface area contributed by atoms with E-state index >= 15 is 0 Å². The Hall–Kier alpha value is -1.75. The van der Waals surface area contributed by atoms with Gasteiger partial charge in [0.1, 0.15) is 6.04 Å². The number of carboxylic acids is 2. The lowest BCUT2D eigenvalue weighted by atomic mass is 10.1. The lowest BCUT2D eigenvalue weighted by Gasteiger charge is -2.02. The van der Waals surface area contributed by atoms with E-state index in [1.54, 1.807) is 0 Å². The molecule has 0 unspecified atom stereocenters. The second kappa shape index (κ2) is 5.84. The van der Waals surface area contributed by atoms with Crippen LogP contribution in [-0.4, -0.2) is 28.2 Å². The lowest BCUT2D eigenvalue weighted by molar-refractivity contribution is -0.140. The number of azide groups is 1. The maximum Gasteiger partial charge on any atom is 0.312 e. The second-order valence-corrected chi connectivity index (χ2v) is 2.34. The van der Waals surface area contributed by atoms with Gasteiger partial charge in [-0.25, -0.2) is 0 Å². The first-order valence-electron chi connectivity index (χ1n) is 3.56. The van der Waals surface area contributed by atoms with Crippen LogP contribution in [0.5, 0.6) is 0 Å². The smallest absolute Gasteiger partial charge is 0.312 e. The van der Waals surface area contributed by atoms with Crippen LogP contribution in [0.1, 0.15) is 19.3 Å². The summed E-state index contributed by atoms with van der Waals surface area (Å²) in [6.45, 7) is 0. The number of carbonyl (C=O) groups is 2. The standard InChI is InChI=1S/C6H9N3O4/c7-9-8-4(6(12)13)2-1-3-5(10)11/h4H,1-3H2,(H,10,11)(H,12,13)/t4-/m1/s1. The summed E-state index contributed by atoms with van der Waals surface area (Å²) in [5, 5.41) is 19.7. The Morgan fingerprint density at radius 1 is 1.46 bits per heavy atom. The van der Waals surface area contributed by atoms with Gasteiger partial charge in [-0.05, 0) is 18.4 Å². The number of nitrogens with zero attached hydrogens (tertiary/aromatic N) is 3. The highest BCUT2D eigenvalue weighted by molar-refractivity contribution is 5.73. The fraction of sp³-hybridized carbons (Fsp3) is 0.667. The van der Waals surface area contributed by atoms with Crippen molar-refractivity contribution < 1.29 is 19.8 Å². The third kappa shape index (κ3) is 5.51. The largest absolute Gasteiger partial charge is 0.481 e. The molecule has 72 valence electrons. The molecule has 7 heteroatoms. The molecule has 2 N–H and O–H groups in total. The number of rotatable bonds is 6. The molecule has 0 aromatic carbocycles. The van der Waals surface area contributed by atoms with Crippen molar-refractivity contribution in [2.45, 2.75) is 25.3 Å². The molecule has 1 atom stereocenters. The molecule has 0 amide bonds. The number of aliphatic carboxylic acids is 2.